The Morgan fingerprint density at radius 3 is 2.39 bits per heavy atom. The van der Waals surface area contributed by atoms with Gasteiger partial charge in [-0.2, -0.15) is 0 Å². The molecule has 0 aromatic rings. The first-order valence-corrected chi connectivity index (χ1v) is 8.17. The van der Waals surface area contributed by atoms with E-state index in [2.05, 4.69) is 9.80 Å². The summed E-state index contributed by atoms with van der Waals surface area (Å²) in [5.41, 5.74) is 0. The largest absolute Gasteiger partial charge is 0.481 e. The van der Waals surface area contributed by atoms with E-state index in [0.717, 1.165) is 32.6 Å². The minimum absolute atomic E-state index is 0.177. The van der Waals surface area contributed by atoms with Crippen molar-refractivity contribution in [3.05, 3.63) is 0 Å². The van der Waals surface area contributed by atoms with Gasteiger partial charge < -0.3 is 10.0 Å². The van der Waals surface area contributed by atoms with Gasteiger partial charge in [-0.25, -0.2) is 8.42 Å². The van der Waals surface area contributed by atoms with E-state index in [0.29, 0.717) is 18.1 Å². The molecule has 1 atom stereocenters. The fourth-order valence-electron chi connectivity index (χ4n) is 2.67. The van der Waals surface area contributed by atoms with Gasteiger partial charge in [0.2, 0.25) is 0 Å². The van der Waals surface area contributed by atoms with Crippen molar-refractivity contribution in [2.45, 2.75) is 18.9 Å². The number of rotatable bonds is 4. The lowest BCUT2D eigenvalue weighted by molar-refractivity contribution is -0.137. The van der Waals surface area contributed by atoms with Crippen molar-refractivity contribution in [1.29, 1.82) is 0 Å². The first-order valence-electron chi connectivity index (χ1n) is 6.35. The molecule has 0 aromatic heterocycles. The van der Waals surface area contributed by atoms with E-state index in [-0.39, 0.29) is 12.5 Å². The highest BCUT2D eigenvalue weighted by Gasteiger charge is 2.33. The Morgan fingerprint density at radius 2 is 1.89 bits per heavy atom. The standard InChI is InChI=1S/C11H20N2O4S/c14-11(15)1-3-12-4-6-13(7-5-12)10-2-8-18(16,17)9-10/h10H,1-9H2,(H,14,15). The number of hydrogen-bond acceptors (Lipinski definition) is 5. The molecule has 7 heteroatoms. The fraction of sp³-hybridized carbons (Fsp3) is 0.909. The molecule has 0 radical (unpaired) electrons. The van der Waals surface area contributed by atoms with Gasteiger partial charge >= 0.3 is 5.97 Å². The summed E-state index contributed by atoms with van der Waals surface area (Å²) in [7, 11) is -2.81. The van der Waals surface area contributed by atoms with Crippen LogP contribution in [0.2, 0.25) is 0 Å². The highest BCUT2D eigenvalue weighted by molar-refractivity contribution is 7.91. The van der Waals surface area contributed by atoms with Crippen LogP contribution in [0.1, 0.15) is 12.8 Å². The summed E-state index contributed by atoms with van der Waals surface area (Å²) in [5, 5.41) is 8.62. The molecule has 1 unspecified atom stereocenters. The van der Waals surface area contributed by atoms with Crippen molar-refractivity contribution in [3.63, 3.8) is 0 Å². The molecule has 0 aliphatic carbocycles. The Morgan fingerprint density at radius 1 is 1.22 bits per heavy atom. The fourth-order valence-corrected chi connectivity index (χ4v) is 4.43. The molecular weight excluding hydrogens is 256 g/mol. The van der Waals surface area contributed by atoms with E-state index in [4.69, 9.17) is 5.11 Å². The Labute approximate surface area is 107 Å². The SMILES string of the molecule is O=C(O)CCN1CCN(C2CCS(=O)(=O)C2)CC1. The number of hydrogen-bond donors (Lipinski definition) is 1. The number of aliphatic carboxylic acids is 1. The molecule has 1 N–H and O–H groups in total. The van der Waals surface area contributed by atoms with Gasteiger partial charge in [0.05, 0.1) is 17.9 Å². The van der Waals surface area contributed by atoms with Crippen LogP contribution in [0.15, 0.2) is 0 Å². The molecule has 18 heavy (non-hydrogen) atoms. The summed E-state index contributed by atoms with van der Waals surface area (Å²) in [6.45, 7) is 3.96. The van der Waals surface area contributed by atoms with E-state index in [1.54, 1.807) is 0 Å². The van der Waals surface area contributed by atoms with Crippen LogP contribution >= 0.6 is 0 Å². The van der Waals surface area contributed by atoms with Crippen molar-refractivity contribution < 1.29 is 18.3 Å². The maximum Gasteiger partial charge on any atom is 0.304 e. The van der Waals surface area contributed by atoms with Crippen LogP contribution in [0, 0.1) is 0 Å². The Hall–Kier alpha value is -0.660. The van der Waals surface area contributed by atoms with Crippen LogP contribution < -0.4 is 0 Å². The van der Waals surface area contributed by atoms with Gasteiger partial charge in [-0.05, 0) is 6.42 Å². The lowest BCUT2D eigenvalue weighted by Gasteiger charge is -2.37. The molecule has 0 aromatic carbocycles. The number of carbonyl (C=O) groups is 1. The molecule has 0 saturated carbocycles. The van der Waals surface area contributed by atoms with E-state index in [1.165, 1.54) is 0 Å². The lowest BCUT2D eigenvalue weighted by Crippen LogP contribution is -2.50. The van der Waals surface area contributed by atoms with Crippen molar-refractivity contribution in [2.75, 3.05) is 44.2 Å². The van der Waals surface area contributed by atoms with Crippen LogP contribution in [-0.2, 0) is 14.6 Å². The first-order chi connectivity index (χ1) is 8.46. The monoisotopic (exact) mass is 276 g/mol. The van der Waals surface area contributed by atoms with Gasteiger partial charge in [0, 0.05) is 38.8 Å². The molecule has 2 heterocycles. The number of sulfone groups is 1. The van der Waals surface area contributed by atoms with Crippen molar-refractivity contribution >= 4 is 15.8 Å². The molecule has 0 spiro atoms. The third kappa shape index (κ3) is 3.66. The Kier molecular flexibility index (Phi) is 4.24. The van der Waals surface area contributed by atoms with Crippen molar-refractivity contribution in [1.82, 2.24) is 9.80 Å². The molecule has 2 rings (SSSR count). The van der Waals surface area contributed by atoms with Crippen LogP contribution in [0.25, 0.3) is 0 Å². The molecule has 0 amide bonds. The molecule has 0 bridgehead atoms. The molecule has 2 saturated heterocycles. The molecule has 6 nitrogen and oxygen atoms in total. The summed E-state index contributed by atoms with van der Waals surface area (Å²) >= 11 is 0. The second-order valence-electron chi connectivity index (χ2n) is 5.08. The van der Waals surface area contributed by atoms with Gasteiger partial charge in [-0.3, -0.25) is 9.69 Å². The van der Waals surface area contributed by atoms with Crippen LogP contribution in [0.5, 0.6) is 0 Å². The maximum atomic E-state index is 11.4. The Bertz CT molecular complexity index is 401. The predicted octanol–water partition coefficient (Wildman–Crippen LogP) is -0.734. The van der Waals surface area contributed by atoms with Crippen molar-refractivity contribution in [2.24, 2.45) is 0 Å². The lowest BCUT2D eigenvalue weighted by atomic mass is 10.2. The number of piperazine rings is 1. The normalized spacial score (nSPS) is 29.4. The number of carboxylic acids is 1. The average molecular weight is 276 g/mol. The third-order valence-electron chi connectivity index (χ3n) is 3.77. The topological polar surface area (TPSA) is 77.9 Å². The summed E-state index contributed by atoms with van der Waals surface area (Å²) in [6.07, 6.45) is 0.926. The van der Waals surface area contributed by atoms with Gasteiger partial charge in [0.25, 0.3) is 0 Å². The van der Waals surface area contributed by atoms with Crippen LogP contribution in [0.4, 0.5) is 0 Å². The summed E-state index contributed by atoms with van der Waals surface area (Å²) in [4.78, 5) is 14.9. The average Bonchev–Trinajstić information content (AvgIpc) is 2.68. The summed E-state index contributed by atoms with van der Waals surface area (Å²) < 4.78 is 22.8. The van der Waals surface area contributed by atoms with Gasteiger partial charge in [-0.15, -0.1) is 0 Å². The van der Waals surface area contributed by atoms with Gasteiger partial charge in [-0.1, -0.05) is 0 Å². The maximum absolute atomic E-state index is 11.4. The van der Waals surface area contributed by atoms with Gasteiger partial charge in [0.1, 0.15) is 0 Å². The molecule has 2 aliphatic heterocycles. The molecule has 2 fully saturated rings. The first kappa shape index (κ1) is 13.8. The highest BCUT2D eigenvalue weighted by Crippen LogP contribution is 2.19. The van der Waals surface area contributed by atoms with Crippen LogP contribution in [-0.4, -0.2) is 79.6 Å². The smallest absolute Gasteiger partial charge is 0.304 e. The van der Waals surface area contributed by atoms with E-state index in [1.807, 2.05) is 0 Å². The predicted molar refractivity (Wildman–Crippen MR) is 67.3 cm³/mol. The zero-order valence-electron chi connectivity index (χ0n) is 10.4. The number of carboxylic acid groups (broad SMARTS) is 1. The number of nitrogens with zero attached hydrogens (tertiary/aromatic N) is 2. The molecular formula is C11H20N2O4S. The zero-order valence-corrected chi connectivity index (χ0v) is 11.2. The third-order valence-corrected chi connectivity index (χ3v) is 5.52. The highest BCUT2D eigenvalue weighted by atomic mass is 32.2. The zero-order chi connectivity index (χ0) is 13.2. The summed E-state index contributed by atoms with van der Waals surface area (Å²) in [5.74, 6) is -0.154. The van der Waals surface area contributed by atoms with E-state index < -0.39 is 15.8 Å². The van der Waals surface area contributed by atoms with Crippen LogP contribution in [0.3, 0.4) is 0 Å². The van der Waals surface area contributed by atoms with Gasteiger partial charge in [0.15, 0.2) is 9.84 Å². The second-order valence-corrected chi connectivity index (χ2v) is 7.31. The minimum Gasteiger partial charge on any atom is -0.481 e. The Balaban J connectivity index is 1.75. The molecule has 2 aliphatic rings. The van der Waals surface area contributed by atoms with Crippen molar-refractivity contribution in [3.8, 4) is 0 Å². The summed E-state index contributed by atoms with van der Waals surface area (Å²) in [6, 6.07) is 0.177. The second kappa shape index (κ2) is 5.54. The molecule has 104 valence electrons. The quantitative estimate of drug-likeness (QED) is 0.729. The van der Waals surface area contributed by atoms with E-state index in [9.17, 15) is 13.2 Å². The van der Waals surface area contributed by atoms with E-state index >= 15 is 0 Å². The minimum atomic E-state index is -2.81.